The molecule has 9 nitrogen and oxygen atoms in total. The van der Waals surface area contributed by atoms with Gasteiger partial charge >= 0.3 is 0 Å². The van der Waals surface area contributed by atoms with Gasteiger partial charge in [0.05, 0.1) is 28.5 Å². The molecule has 0 unspecified atom stereocenters. The predicted molar refractivity (Wildman–Crippen MR) is 122 cm³/mol. The van der Waals surface area contributed by atoms with E-state index in [-0.39, 0.29) is 11.5 Å². The first-order valence-electron chi connectivity index (χ1n) is 9.85. The Kier molecular flexibility index (Phi) is 5.04. The van der Waals surface area contributed by atoms with Crippen molar-refractivity contribution in [2.75, 3.05) is 5.73 Å². The average Bonchev–Trinajstić information content (AvgIpc) is 3.50. The first-order chi connectivity index (χ1) is 15.6. The fraction of sp³-hybridized carbons (Fsp3) is 0.0909. The molecule has 0 spiro atoms. The molecule has 0 aliphatic heterocycles. The number of hydrogen-bond donors (Lipinski definition) is 2. The van der Waals surface area contributed by atoms with Gasteiger partial charge < -0.3 is 11.1 Å². The van der Waals surface area contributed by atoms with Crippen molar-refractivity contribution in [3.63, 3.8) is 0 Å². The molecule has 0 fully saturated rings. The number of hydrogen-bond acceptors (Lipinski definition) is 8. The Hall–Kier alpha value is -4.18. The highest BCUT2D eigenvalue weighted by molar-refractivity contribution is 7.13. The minimum atomic E-state index is -0.498. The van der Waals surface area contributed by atoms with Crippen LogP contribution < -0.4 is 11.1 Å². The molecule has 1 aromatic carbocycles. The standard InChI is InChI=1S/C22H18N8OS/c1-13(25-22(31)19-20(23)24-12-16(26-19)17-8-5-11-32-17)21-28-27-18-10-9-15(29-30(18)21)14-6-3-2-4-7-14/h2-13H,1H3,(H2,23,24)(H,25,31)/t13-/m1/s1. The van der Waals surface area contributed by atoms with E-state index < -0.39 is 11.9 Å². The number of carbonyl (C=O) groups is 1. The molecule has 10 heteroatoms. The summed E-state index contributed by atoms with van der Waals surface area (Å²) in [5.41, 5.74) is 8.92. The van der Waals surface area contributed by atoms with E-state index in [0.717, 1.165) is 16.1 Å². The van der Waals surface area contributed by atoms with Crippen LogP contribution in [0.4, 0.5) is 5.82 Å². The Labute approximate surface area is 187 Å². The summed E-state index contributed by atoms with van der Waals surface area (Å²) in [4.78, 5) is 22.4. The number of benzene rings is 1. The summed E-state index contributed by atoms with van der Waals surface area (Å²) < 4.78 is 1.63. The molecule has 4 heterocycles. The molecule has 1 atom stereocenters. The second kappa shape index (κ2) is 8.16. The monoisotopic (exact) mass is 442 g/mol. The molecule has 3 N–H and O–H groups in total. The number of nitrogens with zero attached hydrogens (tertiary/aromatic N) is 6. The lowest BCUT2D eigenvalue weighted by Crippen LogP contribution is -2.30. The number of fused-ring (bicyclic) bond motifs is 1. The van der Waals surface area contributed by atoms with Crippen LogP contribution in [0.3, 0.4) is 0 Å². The molecule has 0 aliphatic rings. The third-order valence-electron chi connectivity index (χ3n) is 4.88. The second-order valence-corrected chi connectivity index (χ2v) is 8.02. The highest BCUT2D eigenvalue weighted by Crippen LogP contribution is 2.24. The van der Waals surface area contributed by atoms with Gasteiger partial charge in [0.15, 0.2) is 23.0 Å². The first-order valence-corrected chi connectivity index (χ1v) is 10.7. The highest BCUT2D eigenvalue weighted by atomic mass is 32.1. The molecule has 158 valence electrons. The summed E-state index contributed by atoms with van der Waals surface area (Å²) in [6.45, 7) is 1.80. The summed E-state index contributed by atoms with van der Waals surface area (Å²) in [5, 5.41) is 17.9. The van der Waals surface area contributed by atoms with Crippen molar-refractivity contribution in [2.45, 2.75) is 13.0 Å². The van der Waals surface area contributed by atoms with Crippen LogP contribution in [0, 0.1) is 0 Å². The maximum Gasteiger partial charge on any atom is 0.274 e. The van der Waals surface area contributed by atoms with Crippen LogP contribution >= 0.6 is 11.3 Å². The lowest BCUT2D eigenvalue weighted by atomic mass is 10.1. The van der Waals surface area contributed by atoms with Crippen LogP contribution in [0.25, 0.3) is 27.5 Å². The second-order valence-electron chi connectivity index (χ2n) is 7.07. The number of anilines is 1. The van der Waals surface area contributed by atoms with E-state index in [1.54, 1.807) is 17.6 Å². The molecular weight excluding hydrogens is 424 g/mol. The van der Waals surface area contributed by atoms with Gasteiger partial charge in [-0.05, 0) is 30.5 Å². The molecule has 4 aromatic heterocycles. The van der Waals surface area contributed by atoms with E-state index in [2.05, 4.69) is 30.6 Å². The van der Waals surface area contributed by atoms with Gasteiger partial charge in [-0.1, -0.05) is 36.4 Å². The molecule has 0 bridgehead atoms. The van der Waals surface area contributed by atoms with Crippen LogP contribution in [0.15, 0.2) is 66.2 Å². The van der Waals surface area contributed by atoms with Crippen molar-refractivity contribution in [1.29, 1.82) is 0 Å². The zero-order valence-electron chi connectivity index (χ0n) is 17.0. The highest BCUT2D eigenvalue weighted by Gasteiger charge is 2.21. The number of carbonyl (C=O) groups excluding carboxylic acids is 1. The van der Waals surface area contributed by atoms with E-state index in [4.69, 9.17) is 5.73 Å². The fourth-order valence-electron chi connectivity index (χ4n) is 3.28. The van der Waals surface area contributed by atoms with Crippen molar-refractivity contribution < 1.29 is 4.79 Å². The van der Waals surface area contributed by atoms with Crippen molar-refractivity contribution in [2.24, 2.45) is 0 Å². The van der Waals surface area contributed by atoms with E-state index >= 15 is 0 Å². The van der Waals surface area contributed by atoms with Crippen molar-refractivity contribution in [1.82, 2.24) is 35.1 Å². The van der Waals surface area contributed by atoms with Crippen LogP contribution in [0.5, 0.6) is 0 Å². The lowest BCUT2D eigenvalue weighted by molar-refractivity contribution is 0.0933. The molecule has 32 heavy (non-hydrogen) atoms. The zero-order chi connectivity index (χ0) is 22.1. The Morgan fingerprint density at radius 3 is 2.69 bits per heavy atom. The largest absolute Gasteiger partial charge is 0.382 e. The molecular formula is C22H18N8OS. The van der Waals surface area contributed by atoms with Gasteiger partial charge in [0, 0.05) is 5.56 Å². The van der Waals surface area contributed by atoms with Crippen molar-refractivity contribution >= 4 is 28.7 Å². The van der Waals surface area contributed by atoms with E-state index in [1.807, 2.05) is 60.0 Å². The van der Waals surface area contributed by atoms with Crippen molar-refractivity contribution in [3.8, 4) is 21.8 Å². The molecule has 5 aromatic rings. The summed E-state index contributed by atoms with van der Waals surface area (Å²) in [5.74, 6) is 0.106. The van der Waals surface area contributed by atoms with Crippen LogP contribution in [0.2, 0.25) is 0 Å². The number of rotatable bonds is 5. The van der Waals surface area contributed by atoms with Crippen LogP contribution in [-0.4, -0.2) is 35.7 Å². The summed E-state index contributed by atoms with van der Waals surface area (Å²) in [7, 11) is 0. The number of thiophene rings is 1. The number of nitrogens with two attached hydrogens (primary N) is 1. The van der Waals surface area contributed by atoms with E-state index in [9.17, 15) is 4.79 Å². The minimum absolute atomic E-state index is 0.0607. The SMILES string of the molecule is C[C@@H](NC(=O)c1nc(-c2cccs2)cnc1N)c1nnc2ccc(-c3ccccc3)nn12. The smallest absolute Gasteiger partial charge is 0.274 e. The molecule has 0 saturated heterocycles. The summed E-state index contributed by atoms with van der Waals surface area (Å²) in [6.07, 6.45) is 1.56. The number of nitrogen functional groups attached to an aromatic ring is 1. The maximum atomic E-state index is 12.9. The minimum Gasteiger partial charge on any atom is -0.382 e. The Balaban J connectivity index is 1.43. The summed E-state index contributed by atoms with van der Waals surface area (Å²) >= 11 is 1.51. The van der Waals surface area contributed by atoms with Gasteiger partial charge in [-0.3, -0.25) is 4.79 Å². The van der Waals surface area contributed by atoms with Gasteiger partial charge in [0.2, 0.25) is 0 Å². The number of amides is 1. The van der Waals surface area contributed by atoms with Gasteiger partial charge in [-0.2, -0.15) is 9.61 Å². The summed E-state index contributed by atoms with van der Waals surface area (Å²) in [6, 6.07) is 16.9. The number of aromatic nitrogens is 6. The third-order valence-corrected chi connectivity index (χ3v) is 5.77. The van der Waals surface area contributed by atoms with Crippen LogP contribution in [-0.2, 0) is 0 Å². The van der Waals surface area contributed by atoms with E-state index in [1.165, 1.54) is 11.3 Å². The molecule has 0 aliphatic carbocycles. The lowest BCUT2D eigenvalue weighted by Gasteiger charge is -2.13. The third kappa shape index (κ3) is 3.67. The Morgan fingerprint density at radius 2 is 1.91 bits per heavy atom. The molecule has 0 saturated carbocycles. The molecule has 0 radical (unpaired) electrons. The average molecular weight is 443 g/mol. The predicted octanol–water partition coefficient (Wildman–Crippen LogP) is 3.38. The van der Waals surface area contributed by atoms with Gasteiger partial charge in [0.1, 0.15) is 0 Å². The first kappa shape index (κ1) is 19.8. The maximum absolute atomic E-state index is 12.9. The quantitative estimate of drug-likeness (QED) is 0.427. The topological polar surface area (TPSA) is 124 Å². The van der Waals surface area contributed by atoms with Crippen molar-refractivity contribution in [3.05, 3.63) is 77.7 Å². The van der Waals surface area contributed by atoms with Gasteiger partial charge in [-0.15, -0.1) is 21.5 Å². The normalized spacial score (nSPS) is 12.0. The van der Waals surface area contributed by atoms with Gasteiger partial charge in [-0.25, -0.2) is 9.97 Å². The van der Waals surface area contributed by atoms with E-state index in [0.29, 0.717) is 17.2 Å². The zero-order valence-corrected chi connectivity index (χ0v) is 17.8. The Bertz CT molecular complexity index is 1400. The van der Waals surface area contributed by atoms with Crippen LogP contribution in [0.1, 0.15) is 29.3 Å². The number of nitrogens with one attached hydrogen (secondary N) is 1. The fourth-order valence-corrected chi connectivity index (χ4v) is 3.96. The molecule has 5 rings (SSSR count). The van der Waals surface area contributed by atoms with Gasteiger partial charge in [0.25, 0.3) is 5.91 Å². The molecule has 1 amide bonds. The Morgan fingerprint density at radius 1 is 1.06 bits per heavy atom.